The van der Waals surface area contributed by atoms with E-state index in [2.05, 4.69) is 5.32 Å². The van der Waals surface area contributed by atoms with Crippen LogP contribution in [0.1, 0.15) is 21.6 Å². The molecule has 0 saturated carbocycles. The average molecular weight is 419 g/mol. The number of hydrogen-bond donors (Lipinski definition) is 1. The number of carbonyl (C=O) groups is 2. The van der Waals surface area contributed by atoms with E-state index in [9.17, 15) is 22.8 Å². The van der Waals surface area contributed by atoms with Gasteiger partial charge in [0.2, 0.25) is 5.91 Å². The van der Waals surface area contributed by atoms with Gasteiger partial charge in [-0.3, -0.25) is 9.59 Å². The second-order valence-corrected chi connectivity index (χ2v) is 6.92. The molecule has 1 aliphatic rings. The number of benzene rings is 1. The van der Waals surface area contributed by atoms with E-state index in [1.54, 1.807) is 40.9 Å². The summed E-state index contributed by atoms with van der Waals surface area (Å²) in [5.41, 5.74) is -0.843. The Hall–Kier alpha value is -3.48. The van der Waals surface area contributed by atoms with Crippen molar-refractivity contribution in [2.75, 3.05) is 31.6 Å². The zero-order chi connectivity index (χ0) is 22.1. The van der Waals surface area contributed by atoms with Crippen molar-refractivity contribution < 1.29 is 22.8 Å². The molecule has 1 atom stereocenters. The Morgan fingerprint density at radius 2 is 1.97 bits per heavy atom. The van der Waals surface area contributed by atoms with Gasteiger partial charge in [0.15, 0.2) is 0 Å². The molecule has 158 valence electrons. The standard InChI is InChI=1S/C20H20F3N5O2/c1-25-18(29)17-12-27(8-9-28(17)19(30)16-4-3-7-26(16)2)14-6-5-13(11-24)15(10-14)20(21,22)23/h3-7,10,17H,8-9,12H2,1-2H3,(H,25,29). The van der Waals surface area contributed by atoms with E-state index in [4.69, 9.17) is 5.26 Å². The quantitative estimate of drug-likeness (QED) is 0.825. The summed E-state index contributed by atoms with van der Waals surface area (Å²) in [4.78, 5) is 28.5. The van der Waals surface area contributed by atoms with Crippen LogP contribution in [0.4, 0.5) is 18.9 Å². The van der Waals surface area contributed by atoms with E-state index in [-0.39, 0.29) is 31.2 Å². The number of alkyl halides is 3. The lowest BCUT2D eigenvalue weighted by molar-refractivity contribution is -0.137. The van der Waals surface area contributed by atoms with Crippen molar-refractivity contribution in [2.45, 2.75) is 12.2 Å². The van der Waals surface area contributed by atoms with Crippen LogP contribution in [0.3, 0.4) is 0 Å². The molecular weight excluding hydrogens is 399 g/mol. The lowest BCUT2D eigenvalue weighted by Crippen LogP contribution is -2.60. The minimum Gasteiger partial charge on any atom is -0.367 e. The molecule has 1 aromatic carbocycles. The number of nitriles is 1. The van der Waals surface area contributed by atoms with Crippen LogP contribution >= 0.6 is 0 Å². The molecule has 0 radical (unpaired) electrons. The van der Waals surface area contributed by atoms with Crippen molar-refractivity contribution in [3.05, 3.63) is 53.3 Å². The maximum atomic E-state index is 13.3. The summed E-state index contributed by atoms with van der Waals surface area (Å²) in [7, 11) is 3.16. The van der Waals surface area contributed by atoms with Gasteiger partial charge in [0.05, 0.1) is 17.2 Å². The molecule has 0 spiro atoms. The molecule has 1 unspecified atom stereocenters. The number of carbonyl (C=O) groups excluding carboxylic acids is 2. The average Bonchev–Trinajstić information content (AvgIpc) is 3.17. The van der Waals surface area contributed by atoms with Crippen LogP contribution in [-0.2, 0) is 18.0 Å². The van der Waals surface area contributed by atoms with Crippen LogP contribution in [0.25, 0.3) is 0 Å². The number of nitrogens with one attached hydrogen (secondary N) is 1. The summed E-state index contributed by atoms with van der Waals surface area (Å²) in [6.07, 6.45) is -2.96. The van der Waals surface area contributed by atoms with E-state index in [0.29, 0.717) is 5.69 Å². The van der Waals surface area contributed by atoms with Gasteiger partial charge in [0, 0.05) is 45.6 Å². The van der Waals surface area contributed by atoms with Crippen LogP contribution in [0.5, 0.6) is 0 Å². The molecule has 2 aromatic rings. The van der Waals surface area contributed by atoms with E-state index >= 15 is 0 Å². The molecule has 1 N–H and O–H groups in total. The number of likely N-dealkylation sites (N-methyl/N-ethyl adjacent to an activating group) is 1. The number of nitrogens with zero attached hydrogens (tertiary/aromatic N) is 4. The van der Waals surface area contributed by atoms with Crippen molar-refractivity contribution >= 4 is 17.5 Å². The molecule has 0 aliphatic carbocycles. The molecule has 10 heteroatoms. The van der Waals surface area contributed by atoms with E-state index in [0.717, 1.165) is 12.1 Å². The lowest BCUT2D eigenvalue weighted by Gasteiger charge is -2.41. The molecule has 0 bridgehead atoms. The SMILES string of the molecule is CNC(=O)C1CN(c2ccc(C#N)c(C(F)(F)F)c2)CCN1C(=O)c1cccn1C. The predicted molar refractivity (Wildman–Crippen MR) is 103 cm³/mol. The Labute approximate surface area is 171 Å². The minimum atomic E-state index is -4.68. The normalized spacial score (nSPS) is 16.9. The summed E-state index contributed by atoms with van der Waals surface area (Å²) in [6.45, 7) is 0.426. The third-order valence-corrected chi connectivity index (χ3v) is 5.15. The van der Waals surface area contributed by atoms with Gasteiger partial charge in [-0.25, -0.2) is 0 Å². The highest BCUT2D eigenvalue weighted by molar-refractivity contribution is 5.97. The Morgan fingerprint density at radius 3 is 2.53 bits per heavy atom. The van der Waals surface area contributed by atoms with Crippen molar-refractivity contribution in [1.82, 2.24) is 14.8 Å². The maximum absolute atomic E-state index is 13.3. The van der Waals surface area contributed by atoms with Crippen LogP contribution in [0.2, 0.25) is 0 Å². The number of aromatic nitrogens is 1. The van der Waals surface area contributed by atoms with Gasteiger partial charge in [-0.15, -0.1) is 0 Å². The molecule has 2 amide bonds. The first-order chi connectivity index (χ1) is 14.2. The minimum absolute atomic E-state index is 0.0268. The van der Waals surface area contributed by atoms with Gasteiger partial charge in [0.1, 0.15) is 11.7 Å². The monoisotopic (exact) mass is 419 g/mol. The topological polar surface area (TPSA) is 81.4 Å². The smallest absolute Gasteiger partial charge is 0.367 e. The van der Waals surface area contributed by atoms with E-state index in [1.165, 1.54) is 18.0 Å². The van der Waals surface area contributed by atoms with E-state index in [1.807, 2.05) is 0 Å². The molecule has 1 fully saturated rings. The van der Waals surface area contributed by atoms with Crippen LogP contribution < -0.4 is 10.2 Å². The highest BCUT2D eigenvalue weighted by atomic mass is 19.4. The number of halogens is 3. The first-order valence-electron chi connectivity index (χ1n) is 9.17. The van der Waals surface area contributed by atoms with Crippen LogP contribution in [0.15, 0.2) is 36.5 Å². The Morgan fingerprint density at radius 1 is 1.23 bits per heavy atom. The Bertz CT molecular complexity index is 1010. The zero-order valence-corrected chi connectivity index (χ0v) is 16.4. The summed E-state index contributed by atoms with van der Waals surface area (Å²) >= 11 is 0. The van der Waals surface area contributed by atoms with Crippen LogP contribution in [0, 0.1) is 11.3 Å². The second kappa shape index (κ2) is 8.10. The Kier molecular flexibility index (Phi) is 5.73. The first-order valence-corrected chi connectivity index (χ1v) is 9.17. The third-order valence-electron chi connectivity index (χ3n) is 5.15. The molecular formula is C20H20F3N5O2. The van der Waals surface area contributed by atoms with Gasteiger partial charge < -0.3 is 19.7 Å². The zero-order valence-electron chi connectivity index (χ0n) is 16.4. The second-order valence-electron chi connectivity index (χ2n) is 6.92. The molecule has 3 rings (SSSR count). The van der Waals surface area contributed by atoms with Crippen molar-refractivity contribution in [1.29, 1.82) is 5.26 Å². The maximum Gasteiger partial charge on any atom is 0.417 e. The molecule has 1 saturated heterocycles. The largest absolute Gasteiger partial charge is 0.417 e. The van der Waals surface area contributed by atoms with Crippen molar-refractivity contribution in [2.24, 2.45) is 7.05 Å². The predicted octanol–water partition coefficient (Wildman–Crippen LogP) is 1.99. The third kappa shape index (κ3) is 3.96. The number of hydrogen-bond acceptors (Lipinski definition) is 4. The summed E-state index contributed by atoms with van der Waals surface area (Å²) < 4.78 is 41.6. The van der Waals surface area contributed by atoms with Crippen molar-refractivity contribution in [3.63, 3.8) is 0 Å². The fraction of sp³-hybridized carbons (Fsp3) is 0.350. The summed E-state index contributed by atoms with van der Waals surface area (Å²) in [5.74, 6) is -0.737. The molecule has 30 heavy (non-hydrogen) atoms. The van der Waals surface area contributed by atoms with Gasteiger partial charge >= 0.3 is 6.18 Å². The van der Waals surface area contributed by atoms with E-state index < -0.39 is 29.3 Å². The highest BCUT2D eigenvalue weighted by Crippen LogP contribution is 2.35. The summed E-state index contributed by atoms with van der Waals surface area (Å²) in [6, 6.07) is 7.49. The van der Waals surface area contributed by atoms with Gasteiger partial charge in [-0.2, -0.15) is 18.4 Å². The number of anilines is 1. The number of rotatable bonds is 3. The van der Waals surface area contributed by atoms with Gasteiger partial charge in [-0.1, -0.05) is 0 Å². The molecule has 1 aliphatic heterocycles. The molecule has 1 aromatic heterocycles. The number of aryl methyl sites for hydroxylation is 1. The molecule has 2 heterocycles. The van der Waals surface area contributed by atoms with Crippen LogP contribution in [-0.4, -0.2) is 54.0 Å². The fourth-order valence-corrected chi connectivity index (χ4v) is 3.54. The van der Waals surface area contributed by atoms with Gasteiger partial charge in [0.25, 0.3) is 5.91 Å². The Balaban J connectivity index is 1.91. The number of piperazine rings is 1. The highest BCUT2D eigenvalue weighted by Gasteiger charge is 2.38. The first kappa shape index (κ1) is 21.2. The fourth-order valence-electron chi connectivity index (χ4n) is 3.54. The van der Waals surface area contributed by atoms with Crippen molar-refractivity contribution in [3.8, 4) is 6.07 Å². The van der Waals surface area contributed by atoms with Gasteiger partial charge in [-0.05, 0) is 30.3 Å². The summed E-state index contributed by atoms with van der Waals surface area (Å²) in [5, 5.41) is 11.5. The lowest BCUT2D eigenvalue weighted by atomic mass is 10.0. The molecule has 7 nitrogen and oxygen atoms in total. The number of amides is 2.